The van der Waals surface area contributed by atoms with Gasteiger partial charge < -0.3 is 15.2 Å². The summed E-state index contributed by atoms with van der Waals surface area (Å²) in [5.74, 6) is 0. The molecular weight excluding hydrogens is 423 g/mol. The molecular formula is C19H13BrF3N3O. The Labute approximate surface area is 159 Å². The summed E-state index contributed by atoms with van der Waals surface area (Å²) in [5, 5.41) is 12.9. The molecule has 0 unspecified atom stereocenters. The van der Waals surface area contributed by atoms with Crippen molar-refractivity contribution in [2.45, 2.75) is 13.1 Å². The topological polar surface area (TPSA) is 64.2 Å². The first-order valence-corrected chi connectivity index (χ1v) is 8.78. The fourth-order valence-corrected chi connectivity index (χ4v) is 3.61. The highest BCUT2D eigenvalue weighted by atomic mass is 79.9. The molecule has 4 aromatic rings. The Bertz CT molecular complexity index is 1200. The molecule has 0 spiro atoms. The Balaban J connectivity index is 2.05. The molecule has 0 atom stereocenters. The van der Waals surface area contributed by atoms with E-state index in [1.807, 2.05) is 25.1 Å². The van der Waals surface area contributed by atoms with E-state index in [0.29, 0.717) is 16.6 Å². The third kappa shape index (κ3) is 2.99. The van der Waals surface area contributed by atoms with E-state index >= 15 is 0 Å². The highest BCUT2D eigenvalue weighted by Crippen LogP contribution is 2.37. The van der Waals surface area contributed by atoms with Crippen LogP contribution in [0.15, 0.2) is 52.1 Å². The molecule has 8 heteroatoms. The smallest absolute Gasteiger partial charge is 0.410 e. The van der Waals surface area contributed by atoms with Crippen LogP contribution in [0.1, 0.15) is 11.1 Å². The fourth-order valence-electron chi connectivity index (χ4n) is 3.25. The summed E-state index contributed by atoms with van der Waals surface area (Å²) in [6, 6.07) is 12.4. The van der Waals surface area contributed by atoms with E-state index in [9.17, 15) is 13.2 Å². The normalized spacial score (nSPS) is 13.0. The first kappa shape index (κ1) is 17.7. The molecule has 4 rings (SSSR count). The number of alkyl halides is 3. The minimum Gasteiger partial charge on any atom is -0.410 e. The molecule has 0 saturated heterocycles. The van der Waals surface area contributed by atoms with Gasteiger partial charge in [-0.2, -0.15) is 13.2 Å². The van der Waals surface area contributed by atoms with Gasteiger partial charge in [0.25, 0.3) is 0 Å². The number of fused-ring (bicyclic) bond motifs is 2. The average Bonchev–Trinajstić information content (AvgIpc) is 3.15. The van der Waals surface area contributed by atoms with Gasteiger partial charge in [-0.05, 0) is 37.3 Å². The van der Waals surface area contributed by atoms with E-state index in [1.165, 1.54) is 0 Å². The molecule has 0 amide bonds. The van der Waals surface area contributed by atoms with Crippen LogP contribution in [0.5, 0.6) is 0 Å². The number of halogens is 4. The van der Waals surface area contributed by atoms with Crippen LogP contribution in [0.25, 0.3) is 33.2 Å². The van der Waals surface area contributed by atoms with Crippen LogP contribution in [0, 0.1) is 6.92 Å². The molecule has 0 bridgehead atoms. The molecule has 4 nitrogen and oxygen atoms in total. The lowest BCUT2D eigenvalue weighted by Crippen LogP contribution is -2.24. The second kappa shape index (κ2) is 6.16. The van der Waals surface area contributed by atoms with Gasteiger partial charge in [-0.25, -0.2) is 0 Å². The Hall–Kier alpha value is -2.74. The van der Waals surface area contributed by atoms with Crippen molar-refractivity contribution in [2.24, 2.45) is 5.16 Å². The van der Waals surface area contributed by atoms with Crippen LogP contribution in [-0.4, -0.2) is 27.1 Å². The number of aromatic nitrogens is 2. The highest BCUT2D eigenvalue weighted by Gasteiger charge is 2.41. The monoisotopic (exact) mass is 435 g/mol. The van der Waals surface area contributed by atoms with Crippen molar-refractivity contribution in [3.05, 3.63) is 58.1 Å². The van der Waals surface area contributed by atoms with Gasteiger partial charge in [-0.3, -0.25) is 0 Å². The zero-order chi connectivity index (χ0) is 19.3. The summed E-state index contributed by atoms with van der Waals surface area (Å²) in [5.41, 5.74) is 1.48. The van der Waals surface area contributed by atoms with Gasteiger partial charge in [0.2, 0.25) is 0 Å². The van der Waals surface area contributed by atoms with Crippen molar-refractivity contribution < 1.29 is 18.4 Å². The van der Waals surface area contributed by atoms with Crippen molar-refractivity contribution in [3.63, 3.8) is 0 Å². The predicted molar refractivity (Wildman–Crippen MR) is 102 cm³/mol. The maximum Gasteiger partial charge on any atom is 0.437 e. The van der Waals surface area contributed by atoms with Crippen molar-refractivity contribution in [1.29, 1.82) is 0 Å². The number of rotatable bonds is 2. The summed E-state index contributed by atoms with van der Waals surface area (Å²) < 4.78 is 41.3. The number of hydrogen-bond donors (Lipinski definition) is 3. The standard InChI is InChI=1S/C19H13BrF3N3O/c1-9-2-5-13-10(6-9)7-15(24-13)17-16(18(26-27)19(21,22)23)12-4-3-11(20)8-14(12)25-17/h2-8,24-25,27H,1H3/b26-18-. The molecule has 2 aromatic heterocycles. The molecule has 138 valence electrons. The molecule has 0 radical (unpaired) electrons. The molecule has 0 saturated carbocycles. The largest absolute Gasteiger partial charge is 0.437 e. The molecule has 0 fully saturated rings. The number of oxime groups is 1. The minimum absolute atomic E-state index is 0.198. The van der Waals surface area contributed by atoms with Gasteiger partial charge in [-0.1, -0.05) is 38.8 Å². The molecule has 3 N–H and O–H groups in total. The summed E-state index contributed by atoms with van der Waals surface area (Å²) in [4.78, 5) is 6.17. The number of H-pyrrole nitrogens is 2. The highest BCUT2D eigenvalue weighted by molar-refractivity contribution is 9.10. The summed E-state index contributed by atoms with van der Waals surface area (Å²) >= 11 is 3.32. The Morgan fingerprint density at radius 3 is 2.52 bits per heavy atom. The maximum absolute atomic E-state index is 13.5. The van der Waals surface area contributed by atoms with E-state index in [0.717, 1.165) is 20.9 Å². The molecule has 2 aromatic carbocycles. The van der Waals surface area contributed by atoms with Gasteiger partial charge in [0, 0.05) is 31.8 Å². The van der Waals surface area contributed by atoms with Gasteiger partial charge in [0.05, 0.1) is 11.4 Å². The van der Waals surface area contributed by atoms with Gasteiger partial charge in [-0.15, -0.1) is 0 Å². The van der Waals surface area contributed by atoms with Crippen LogP contribution < -0.4 is 0 Å². The second-order valence-corrected chi connectivity index (χ2v) is 7.20. The predicted octanol–water partition coefficient (Wildman–Crippen LogP) is 6.13. The van der Waals surface area contributed by atoms with E-state index in [4.69, 9.17) is 5.21 Å². The van der Waals surface area contributed by atoms with Crippen molar-refractivity contribution in [1.82, 2.24) is 9.97 Å². The number of nitrogens with one attached hydrogen (secondary N) is 2. The zero-order valence-electron chi connectivity index (χ0n) is 13.9. The Morgan fingerprint density at radius 2 is 1.81 bits per heavy atom. The molecule has 0 aliphatic heterocycles. The van der Waals surface area contributed by atoms with E-state index in [1.54, 1.807) is 24.3 Å². The van der Waals surface area contributed by atoms with Crippen LogP contribution in [-0.2, 0) is 0 Å². The number of aromatic amines is 2. The van der Waals surface area contributed by atoms with E-state index in [2.05, 4.69) is 31.1 Å². The van der Waals surface area contributed by atoms with E-state index in [-0.39, 0.29) is 11.3 Å². The summed E-state index contributed by atoms with van der Waals surface area (Å²) in [7, 11) is 0. The van der Waals surface area contributed by atoms with Crippen molar-refractivity contribution >= 4 is 43.4 Å². The number of nitrogens with zero attached hydrogens (tertiary/aromatic N) is 1. The second-order valence-electron chi connectivity index (χ2n) is 6.28. The van der Waals surface area contributed by atoms with Crippen LogP contribution in [0.2, 0.25) is 0 Å². The van der Waals surface area contributed by atoms with Gasteiger partial charge in [0.15, 0.2) is 5.71 Å². The maximum atomic E-state index is 13.5. The summed E-state index contributed by atoms with van der Waals surface area (Å²) in [6.07, 6.45) is -4.81. The Morgan fingerprint density at radius 1 is 1.04 bits per heavy atom. The first-order chi connectivity index (χ1) is 12.8. The molecule has 27 heavy (non-hydrogen) atoms. The van der Waals surface area contributed by atoms with Crippen LogP contribution in [0.4, 0.5) is 13.2 Å². The van der Waals surface area contributed by atoms with Crippen LogP contribution >= 0.6 is 15.9 Å². The Kier molecular flexibility index (Phi) is 4.03. The quantitative estimate of drug-likeness (QED) is 0.198. The van der Waals surface area contributed by atoms with E-state index < -0.39 is 11.9 Å². The summed E-state index contributed by atoms with van der Waals surface area (Å²) in [6.45, 7) is 1.94. The molecule has 0 aliphatic carbocycles. The zero-order valence-corrected chi connectivity index (χ0v) is 15.5. The SMILES string of the molecule is Cc1ccc2[nH]c(-c3[nH]c4cc(Br)ccc4c3/C(=N/O)C(F)(F)F)cc2c1. The van der Waals surface area contributed by atoms with Crippen LogP contribution in [0.3, 0.4) is 0 Å². The fraction of sp³-hybridized carbons (Fsp3) is 0.105. The lowest BCUT2D eigenvalue weighted by molar-refractivity contribution is -0.0600. The third-order valence-corrected chi connectivity index (χ3v) is 4.90. The number of benzene rings is 2. The average molecular weight is 436 g/mol. The molecule has 2 heterocycles. The molecule has 0 aliphatic rings. The first-order valence-electron chi connectivity index (χ1n) is 7.98. The third-order valence-electron chi connectivity index (χ3n) is 4.41. The lowest BCUT2D eigenvalue weighted by Gasteiger charge is -2.10. The van der Waals surface area contributed by atoms with Crippen molar-refractivity contribution in [2.75, 3.05) is 0 Å². The van der Waals surface area contributed by atoms with Gasteiger partial charge >= 0.3 is 6.18 Å². The number of hydrogen-bond acceptors (Lipinski definition) is 2. The van der Waals surface area contributed by atoms with Crippen molar-refractivity contribution in [3.8, 4) is 11.4 Å². The lowest BCUT2D eigenvalue weighted by atomic mass is 10.0. The van der Waals surface area contributed by atoms with Gasteiger partial charge in [0.1, 0.15) is 0 Å². The number of aryl methyl sites for hydroxylation is 1. The minimum atomic E-state index is -4.81.